The van der Waals surface area contributed by atoms with E-state index in [4.69, 9.17) is 5.73 Å². The maximum absolute atomic E-state index is 12.9. The molecular formula is C15H18F3N3. The molecule has 1 aliphatic heterocycles. The summed E-state index contributed by atoms with van der Waals surface area (Å²) in [5.41, 5.74) is 7.78. The van der Waals surface area contributed by atoms with E-state index in [-0.39, 0.29) is 5.92 Å². The van der Waals surface area contributed by atoms with E-state index in [2.05, 4.69) is 5.32 Å². The molecule has 21 heavy (non-hydrogen) atoms. The van der Waals surface area contributed by atoms with Gasteiger partial charge in [0.2, 0.25) is 0 Å². The minimum Gasteiger partial charge on any atom is -0.398 e. The molecule has 3 rings (SSSR count). The number of hydrogen-bond donors (Lipinski definition) is 2. The molecule has 1 aliphatic rings. The van der Waals surface area contributed by atoms with E-state index in [9.17, 15) is 13.2 Å². The topological polar surface area (TPSA) is 43.0 Å². The van der Waals surface area contributed by atoms with Gasteiger partial charge in [0.25, 0.3) is 0 Å². The summed E-state index contributed by atoms with van der Waals surface area (Å²) in [4.78, 5) is 0. The molecule has 1 aromatic heterocycles. The third-order valence-electron chi connectivity index (χ3n) is 4.11. The number of fused-ring (bicyclic) bond motifs is 1. The van der Waals surface area contributed by atoms with E-state index >= 15 is 0 Å². The van der Waals surface area contributed by atoms with Crippen LogP contribution in [0.25, 0.3) is 10.9 Å². The molecule has 0 spiro atoms. The van der Waals surface area contributed by atoms with Crippen LogP contribution in [0.5, 0.6) is 0 Å². The molecule has 114 valence electrons. The first-order valence-electron chi connectivity index (χ1n) is 7.11. The number of piperidine rings is 1. The predicted molar refractivity (Wildman–Crippen MR) is 77.3 cm³/mol. The number of aromatic nitrogens is 1. The molecule has 0 aliphatic carbocycles. The smallest absolute Gasteiger partial charge is 0.398 e. The van der Waals surface area contributed by atoms with Crippen molar-refractivity contribution in [2.45, 2.75) is 31.5 Å². The normalized spacial score (nSPS) is 17.5. The minimum absolute atomic E-state index is 0.153. The number of hydrogen-bond acceptors (Lipinski definition) is 2. The molecule has 3 N–H and O–H groups in total. The number of halogens is 3. The van der Waals surface area contributed by atoms with Crippen LogP contribution >= 0.6 is 0 Å². The van der Waals surface area contributed by atoms with E-state index in [0.717, 1.165) is 37.0 Å². The summed E-state index contributed by atoms with van der Waals surface area (Å²) >= 11 is 0. The number of nitrogen functional groups attached to an aromatic ring is 1. The Hall–Kier alpha value is -1.69. The molecule has 1 aromatic carbocycles. The molecule has 0 amide bonds. The Morgan fingerprint density at radius 3 is 2.62 bits per heavy atom. The van der Waals surface area contributed by atoms with E-state index < -0.39 is 12.7 Å². The number of benzene rings is 1. The number of nitrogens with one attached hydrogen (secondary N) is 1. The average Bonchev–Trinajstić information content (AvgIpc) is 2.78. The second-order valence-corrected chi connectivity index (χ2v) is 5.57. The quantitative estimate of drug-likeness (QED) is 0.836. The lowest BCUT2D eigenvalue weighted by atomic mass is 9.94. The van der Waals surface area contributed by atoms with Gasteiger partial charge in [-0.1, -0.05) is 6.07 Å². The van der Waals surface area contributed by atoms with Gasteiger partial charge >= 0.3 is 6.18 Å². The number of alkyl halides is 3. The van der Waals surface area contributed by atoms with Crippen molar-refractivity contribution in [1.29, 1.82) is 0 Å². The van der Waals surface area contributed by atoms with E-state index in [1.807, 2.05) is 6.07 Å². The van der Waals surface area contributed by atoms with Gasteiger partial charge in [-0.25, -0.2) is 0 Å². The van der Waals surface area contributed by atoms with Crippen molar-refractivity contribution < 1.29 is 13.2 Å². The predicted octanol–water partition coefficient (Wildman–Crippen LogP) is 3.25. The van der Waals surface area contributed by atoms with Crippen LogP contribution in [0.1, 0.15) is 24.5 Å². The summed E-state index contributed by atoms with van der Waals surface area (Å²) in [6.07, 6.45) is -2.53. The van der Waals surface area contributed by atoms with E-state index in [1.165, 1.54) is 4.57 Å². The van der Waals surface area contributed by atoms with Crippen molar-refractivity contribution in [2.75, 3.05) is 18.8 Å². The first kappa shape index (κ1) is 14.3. The number of nitrogens with two attached hydrogens (primary N) is 1. The Balaban J connectivity index is 2.12. The van der Waals surface area contributed by atoms with Gasteiger partial charge in [-0.3, -0.25) is 0 Å². The van der Waals surface area contributed by atoms with Crippen molar-refractivity contribution in [1.82, 2.24) is 9.88 Å². The van der Waals surface area contributed by atoms with Crippen molar-refractivity contribution in [3.05, 3.63) is 30.0 Å². The fraction of sp³-hybridized carbons (Fsp3) is 0.467. The summed E-state index contributed by atoms with van der Waals surface area (Å²) in [6, 6.07) is 6.98. The molecule has 0 atom stereocenters. The molecule has 0 saturated carbocycles. The molecule has 0 unspecified atom stereocenters. The monoisotopic (exact) mass is 297 g/mol. The van der Waals surface area contributed by atoms with Gasteiger partial charge in [0.1, 0.15) is 6.54 Å². The SMILES string of the molecule is Nc1cccc2c1cc(C1CCNCC1)n2CC(F)(F)F. The Morgan fingerprint density at radius 2 is 1.95 bits per heavy atom. The second-order valence-electron chi connectivity index (χ2n) is 5.57. The van der Waals surface area contributed by atoms with Crippen LogP contribution in [0.15, 0.2) is 24.3 Å². The average molecular weight is 297 g/mol. The standard InChI is InChI=1S/C15H18F3N3/c16-15(17,18)9-21-13-3-1-2-12(19)11(13)8-14(21)10-4-6-20-7-5-10/h1-3,8,10,20H,4-7,9,19H2. The van der Waals surface area contributed by atoms with E-state index in [1.54, 1.807) is 18.2 Å². The zero-order valence-electron chi connectivity index (χ0n) is 11.6. The van der Waals surface area contributed by atoms with Crippen molar-refractivity contribution >= 4 is 16.6 Å². The Morgan fingerprint density at radius 1 is 1.24 bits per heavy atom. The first-order valence-corrected chi connectivity index (χ1v) is 7.11. The Labute approximate surface area is 120 Å². The van der Waals surface area contributed by atoms with E-state index in [0.29, 0.717) is 11.2 Å². The number of anilines is 1. The summed E-state index contributed by atoms with van der Waals surface area (Å²) in [6.45, 7) is 0.723. The van der Waals surface area contributed by atoms with Gasteiger partial charge in [0, 0.05) is 22.7 Å². The van der Waals surface area contributed by atoms with Crippen molar-refractivity contribution in [2.24, 2.45) is 0 Å². The van der Waals surface area contributed by atoms with Crippen LogP contribution < -0.4 is 11.1 Å². The van der Waals surface area contributed by atoms with Crippen LogP contribution in [0.4, 0.5) is 18.9 Å². The van der Waals surface area contributed by atoms with Crippen LogP contribution in [0, 0.1) is 0 Å². The first-order chi connectivity index (χ1) is 9.96. The molecular weight excluding hydrogens is 279 g/mol. The molecule has 2 heterocycles. The molecule has 6 heteroatoms. The Bertz CT molecular complexity index is 639. The Kier molecular flexibility index (Phi) is 3.57. The maximum Gasteiger partial charge on any atom is 0.406 e. The fourth-order valence-electron chi connectivity index (χ4n) is 3.14. The minimum atomic E-state index is -4.24. The van der Waals surface area contributed by atoms with Gasteiger partial charge < -0.3 is 15.6 Å². The zero-order valence-corrected chi connectivity index (χ0v) is 11.6. The molecule has 3 nitrogen and oxygen atoms in total. The zero-order chi connectivity index (χ0) is 15.0. The molecule has 0 radical (unpaired) electrons. The highest BCUT2D eigenvalue weighted by molar-refractivity contribution is 5.92. The third-order valence-corrected chi connectivity index (χ3v) is 4.11. The molecule has 1 saturated heterocycles. The summed E-state index contributed by atoms with van der Waals surface area (Å²) in [5.74, 6) is 0.153. The van der Waals surface area contributed by atoms with Gasteiger partial charge in [-0.2, -0.15) is 13.2 Å². The molecule has 2 aromatic rings. The molecule has 1 fully saturated rings. The van der Waals surface area contributed by atoms with Crippen molar-refractivity contribution in [3.63, 3.8) is 0 Å². The lowest BCUT2D eigenvalue weighted by Gasteiger charge is -2.25. The van der Waals surface area contributed by atoms with Crippen LogP contribution in [-0.2, 0) is 6.54 Å². The largest absolute Gasteiger partial charge is 0.406 e. The highest BCUT2D eigenvalue weighted by atomic mass is 19.4. The fourth-order valence-corrected chi connectivity index (χ4v) is 3.14. The van der Waals surface area contributed by atoms with Crippen LogP contribution in [-0.4, -0.2) is 23.8 Å². The van der Waals surface area contributed by atoms with Gasteiger partial charge in [-0.15, -0.1) is 0 Å². The lowest BCUT2D eigenvalue weighted by molar-refractivity contribution is -0.140. The lowest BCUT2D eigenvalue weighted by Crippen LogP contribution is -2.28. The number of rotatable bonds is 2. The van der Waals surface area contributed by atoms with Crippen LogP contribution in [0.3, 0.4) is 0 Å². The van der Waals surface area contributed by atoms with Gasteiger partial charge in [0.05, 0.1) is 5.52 Å². The summed E-state index contributed by atoms with van der Waals surface area (Å²) in [5, 5.41) is 3.96. The number of nitrogens with zero attached hydrogens (tertiary/aromatic N) is 1. The van der Waals surface area contributed by atoms with Gasteiger partial charge in [0.15, 0.2) is 0 Å². The van der Waals surface area contributed by atoms with Crippen molar-refractivity contribution in [3.8, 4) is 0 Å². The summed E-state index contributed by atoms with van der Waals surface area (Å²) < 4.78 is 40.2. The highest BCUT2D eigenvalue weighted by Crippen LogP contribution is 2.35. The van der Waals surface area contributed by atoms with Gasteiger partial charge in [-0.05, 0) is 44.1 Å². The van der Waals surface area contributed by atoms with Crippen LogP contribution in [0.2, 0.25) is 0 Å². The highest BCUT2D eigenvalue weighted by Gasteiger charge is 2.31. The molecule has 0 bridgehead atoms. The summed E-state index contributed by atoms with van der Waals surface area (Å²) in [7, 11) is 0. The second kappa shape index (κ2) is 5.26. The maximum atomic E-state index is 12.9. The third kappa shape index (κ3) is 2.85.